The zero-order valence-electron chi connectivity index (χ0n) is 11.9. The van der Waals surface area contributed by atoms with Crippen molar-refractivity contribution in [2.45, 2.75) is 71.1 Å². The third-order valence-corrected chi connectivity index (χ3v) is 4.93. The summed E-state index contributed by atoms with van der Waals surface area (Å²) in [5.41, 5.74) is 0. The number of aliphatic hydroxyl groups is 1. The van der Waals surface area contributed by atoms with Crippen molar-refractivity contribution in [3.63, 3.8) is 0 Å². The fraction of sp³-hybridized carbons (Fsp3) is 1.00. The lowest BCUT2D eigenvalue weighted by Crippen LogP contribution is -2.13. The minimum absolute atomic E-state index is 0.0789. The van der Waals surface area contributed by atoms with Crippen LogP contribution in [0.25, 0.3) is 0 Å². The van der Waals surface area contributed by atoms with Crippen molar-refractivity contribution in [1.82, 2.24) is 0 Å². The molecule has 0 amide bonds. The van der Waals surface area contributed by atoms with Crippen molar-refractivity contribution in [1.29, 1.82) is 0 Å². The second-order valence-corrected chi connectivity index (χ2v) is 7.36. The molecule has 0 aromatic carbocycles. The smallest absolute Gasteiger partial charge is 0.152 e. The lowest BCUT2D eigenvalue weighted by Gasteiger charge is -2.03. The van der Waals surface area contributed by atoms with E-state index in [1.165, 1.54) is 44.9 Å². The van der Waals surface area contributed by atoms with E-state index in [4.69, 9.17) is 5.11 Å². The van der Waals surface area contributed by atoms with Gasteiger partial charge in [-0.15, -0.1) is 0 Å². The summed E-state index contributed by atoms with van der Waals surface area (Å²) in [6, 6.07) is 0. The van der Waals surface area contributed by atoms with Gasteiger partial charge in [0.15, 0.2) is 9.84 Å². The van der Waals surface area contributed by atoms with Gasteiger partial charge in [-0.3, -0.25) is 0 Å². The van der Waals surface area contributed by atoms with Gasteiger partial charge in [0.25, 0.3) is 0 Å². The number of sulfone groups is 1. The van der Waals surface area contributed by atoms with Crippen LogP contribution in [0.2, 0.25) is 0 Å². The van der Waals surface area contributed by atoms with Gasteiger partial charge in [-0.2, -0.15) is 0 Å². The lowest BCUT2D eigenvalue weighted by molar-refractivity contribution is 0.319. The van der Waals surface area contributed by atoms with Crippen LogP contribution < -0.4 is 0 Å². The second kappa shape index (κ2) is 12.0. The molecule has 0 saturated carbocycles. The Bertz CT molecular complexity index is 260. The first-order valence-corrected chi connectivity index (χ1v) is 9.26. The Kier molecular flexibility index (Phi) is 11.9. The summed E-state index contributed by atoms with van der Waals surface area (Å²) >= 11 is 0. The van der Waals surface area contributed by atoms with Crippen molar-refractivity contribution in [2.75, 3.05) is 18.1 Å². The summed E-state index contributed by atoms with van der Waals surface area (Å²) in [6.45, 7) is 1.98. The van der Waals surface area contributed by atoms with E-state index in [0.29, 0.717) is 0 Å². The lowest BCUT2D eigenvalue weighted by atomic mass is 10.1. The quantitative estimate of drug-likeness (QED) is 0.526. The first-order chi connectivity index (χ1) is 8.62. The van der Waals surface area contributed by atoms with E-state index >= 15 is 0 Å². The topological polar surface area (TPSA) is 54.4 Å². The predicted octanol–water partition coefficient (Wildman–Crippen LogP) is 3.31. The maximum absolute atomic E-state index is 11.3. The van der Waals surface area contributed by atoms with Crippen molar-refractivity contribution >= 4 is 9.84 Å². The molecule has 3 nitrogen and oxygen atoms in total. The van der Waals surface area contributed by atoms with Crippen LogP contribution in [0.3, 0.4) is 0 Å². The van der Waals surface area contributed by atoms with E-state index in [0.717, 1.165) is 19.3 Å². The van der Waals surface area contributed by atoms with Gasteiger partial charge in [-0.25, -0.2) is 8.42 Å². The number of hydrogen-bond acceptors (Lipinski definition) is 3. The summed E-state index contributed by atoms with van der Waals surface area (Å²) in [5.74, 6) is 0.161. The Balaban J connectivity index is 3.21. The van der Waals surface area contributed by atoms with Crippen LogP contribution in [0.15, 0.2) is 0 Å². The van der Waals surface area contributed by atoms with Crippen LogP contribution in [-0.2, 0) is 9.84 Å². The molecule has 0 saturated heterocycles. The number of hydrogen-bond donors (Lipinski definition) is 1. The van der Waals surface area contributed by atoms with Gasteiger partial charge >= 0.3 is 0 Å². The molecular formula is C14H30O3S. The summed E-state index contributed by atoms with van der Waals surface area (Å²) < 4.78 is 22.6. The van der Waals surface area contributed by atoms with Gasteiger partial charge in [0, 0.05) is 0 Å². The fourth-order valence-corrected chi connectivity index (χ4v) is 3.18. The molecule has 18 heavy (non-hydrogen) atoms. The van der Waals surface area contributed by atoms with E-state index < -0.39 is 9.84 Å². The van der Waals surface area contributed by atoms with Crippen LogP contribution in [0.5, 0.6) is 0 Å². The minimum Gasteiger partial charge on any atom is -0.395 e. The Morgan fingerprint density at radius 1 is 0.722 bits per heavy atom. The highest BCUT2D eigenvalue weighted by Crippen LogP contribution is 2.11. The molecule has 0 rings (SSSR count). The maximum atomic E-state index is 11.3. The fourth-order valence-electron chi connectivity index (χ4n) is 2.05. The van der Waals surface area contributed by atoms with Crippen LogP contribution in [0, 0.1) is 0 Å². The van der Waals surface area contributed by atoms with Gasteiger partial charge in [0.05, 0.1) is 18.1 Å². The number of aliphatic hydroxyl groups excluding tert-OH is 1. The van der Waals surface area contributed by atoms with Gasteiger partial charge in [0.1, 0.15) is 0 Å². The monoisotopic (exact) mass is 278 g/mol. The third-order valence-electron chi connectivity index (χ3n) is 3.21. The van der Waals surface area contributed by atoms with Crippen molar-refractivity contribution < 1.29 is 13.5 Å². The van der Waals surface area contributed by atoms with E-state index in [2.05, 4.69) is 6.92 Å². The predicted molar refractivity (Wildman–Crippen MR) is 77.6 cm³/mol. The first kappa shape index (κ1) is 17.9. The molecule has 0 fully saturated rings. The molecule has 0 aromatic heterocycles. The van der Waals surface area contributed by atoms with E-state index in [1.54, 1.807) is 0 Å². The molecule has 0 radical (unpaired) electrons. The minimum atomic E-state index is -2.99. The molecule has 0 bridgehead atoms. The number of unbranched alkanes of at least 4 members (excludes halogenated alkanes) is 9. The molecule has 0 aliphatic carbocycles. The average molecular weight is 278 g/mol. The van der Waals surface area contributed by atoms with Gasteiger partial charge < -0.3 is 5.11 Å². The van der Waals surface area contributed by atoms with Crippen LogP contribution in [-0.4, -0.2) is 31.6 Å². The zero-order valence-corrected chi connectivity index (χ0v) is 12.7. The second-order valence-electron chi connectivity index (χ2n) is 5.06. The van der Waals surface area contributed by atoms with E-state index in [-0.39, 0.29) is 18.1 Å². The molecule has 0 aliphatic heterocycles. The van der Waals surface area contributed by atoms with Crippen LogP contribution in [0.4, 0.5) is 0 Å². The molecule has 0 heterocycles. The van der Waals surface area contributed by atoms with Crippen LogP contribution >= 0.6 is 0 Å². The summed E-state index contributed by atoms with van der Waals surface area (Å²) in [5, 5.41) is 8.58. The summed E-state index contributed by atoms with van der Waals surface area (Å²) in [7, 11) is -2.99. The van der Waals surface area contributed by atoms with E-state index in [1.807, 2.05) is 0 Å². The highest BCUT2D eigenvalue weighted by Gasteiger charge is 2.08. The summed E-state index contributed by atoms with van der Waals surface area (Å²) in [4.78, 5) is 0. The Hall–Kier alpha value is -0.0900. The molecule has 110 valence electrons. The molecule has 0 unspecified atom stereocenters. The van der Waals surface area contributed by atoms with Crippen molar-refractivity contribution in [3.8, 4) is 0 Å². The highest BCUT2D eigenvalue weighted by molar-refractivity contribution is 7.91. The first-order valence-electron chi connectivity index (χ1n) is 7.43. The van der Waals surface area contributed by atoms with Crippen molar-refractivity contribution in [2.24, 2.45) is 0 Å². The number of rotatable bonds is 13. The van der Waals surface area contributed by atoms with Gasteiger partial charge in [-0.1, -0.05) is 64.7 Å². The molecule has 0 aliphatic rings. The van der Waals surface area contributed by atoms with Crippen molar-refractivity contribution in [3.05, 3.63) is 0 Å². The largest absolute Gasteiger partial charge is 0.395 e. The van der Waals surface area contributed by atoms with E-state index in [9.17, 15) is 8.42 Å². The molecular weight excluding hydrogens is 248 g/mol. The molecule has 1 N–H and O–H groups in total. The van der Waals surface area contributed by atoms with Gasteiger partial charge in [-0.05, 0) is 6.42 Å². The average Bonchev–Trinajstić information content (AvgIpc) is 2.31. The Morgan fingerprint density at radius 3 is 1.61 bits per heavy atom. The van der Waals surface area contributed by atoms with Crippen LogP contribution in [0.1, 0.15) is 71.1 Å². The molecule has 0 spiro atoms. The molecule has 0 atom stereocenters. The SMILES string of the molecule is CCCCCCCCCCCCS(=O)(=O)CCO. The molecule has 0 aromatic rings. The highest BCUT2D eigenvalue weighted by atomic mass is 32.2. The third kappa shape index (κ3) is 12.4. The normalized spacial score (nSPS) is 11.9. The Labute approximate surface area is 113 Å². The Morgan fingerprint density at radius 2 is 1.17 bits per heavy atom. The molecule has 4 heteroatoms. The zero-order chi connectivity index (χ0) is 13.7. The van der Waals surface area contributed by atoms with Gasteiger partial charge in [0.2, 0.25) is 0 Å². The standard InChI is InChI=1S/C14H30O3S/c1-2-3-4-5-6-7-8-9-10-11-13-18(16,17)14-12-15/h15H,2-14H2,1H3. The maximum Gasteiger partial charge on any atom is 0.152 e. The summed E-state index contributed by atoms with van der Waals surface area (Å²) in [6.07, 6.45) is 12.1.